The highest BCUT2D eigenvalue weighted by molar-refractivity contribution is 7.80. The Hall–Kier alpha value is -0.680. The van der Waals surface area contributed by atoms with Crippen LogP contribution < -0.4 is 5.56 Å². The molecule has 0 bridgehead atoms. The topological polar surface area (TPSA) is 49.2 Å². The summed E-state index contributed by atoms with van der Waals surface area (Å²) in [6.07, 6.45) is 0.756. The predicted molar refractivity (Wildman–Crippen MR) is 51.9 cm³/mol. The summed E-state index contributed by atoms with van der Waals surface area (Å²) < 4.78 is 5.05. The lowest BCUT2D eigenvalue weighted by molar-refractivity contribution is 0.212. The first-order chi connectivity index (χ1) is 6.18. The molecule has 0 aromatic carbocycles. The fourth-order valence-electron chi connectivity index (χ4n) is 1.58. The number of aromatic amines is 1. The smallest absolute Gasteiger partial charge is 0.283 e. The minimum Gasteiger partial charge on any atom is -0.382 e. The van der Waals surface area contributed by atoms with E-state index >= 15 is 0 Å². The molecule has 0 aliphatic carbocycles. The summed E-state index contributed by atoms with van der Waals surface area (Å²) in [7, 11) is 0. The molecule has 13 heavy (non-hydrogen) atoms. The second kappa shape index (κ2) is 3.23. The molecule has 0 fully saturated rings. The van der Waals surface area contributed by atoms with Gasteiger partial charge in [0, 0.05) is 6.54 Å². The second-order valence-electron chi connectivity index (χ2n) is 3.29. The number of nitrogens with one attached hydrogen (secondary N) is 1. The van der Waals surface area contributed by atoms with Gasteiger partial charge in [-0.3, -0.25) is 9.69 Å². The molecule has 2 rings (SSSR count). The van der Waals surface area contributed by atoms with Crippen LogP contribution in [0.2, 0.25) is 0 Å². The van der Waals surface area contributed by atoms with Gasteiger partial charge in [0.05, 0.1) is 17.5 Å². The van der Waals surface area contributed by atoms with E-state index in [0.717, 1.165) is 24.3 Å². The lowest BCUT2D eigenvalue weighted by Crippen LogP contribution is -2.35. The number of nitrogens with zero attached hydrogens (tertiary/aromatic N) is 1. The van der Waals surface area contributed by atoms with Gasteiger partial charge in [-0.1, -0.05) is 0 Å². The van der Waals surface area contributed by atoms with Crippen molar-refractivity contribution in [3.05, 3.63) is 21.7 Å². The third-order valence-corrected chi connectivity index (χ3v) is 2.73. The Balaban J connectivity index is 2.25. The molecule has 0 unspecified atom stereocenters. The maximum Gasteiger partial charge on any atom is 0.283 e. The van der Waals surface area contributed by atoms with Crippen molar-refractivity contribution in [3.63, 3.8) is 0 Å². The second-order valence-corrected chi connectivity index (χ2v) is 4.03. The molecule has 72 valence electrons. The van der Waals surface area contributed by atoms with Crippen LogP contribution in [0.4, 0.5) is 0 Å². The average Bonchev–Trinajstić information content (AvgIpc) is 2.47. The Labute approximate surface area is 81.3 Å². The molecule has 1 aromatic rings. The highest BCUT2D eigenvalue weighted by Gasteiger charge is 2.23. The van der Waals surface area contributed by atoms with Crippen molar-refractivity contribution in [1.29, 1.82) is 0 Å². The Morgan fingerprint density at radius 3 is 3.15 bits per heavy atom. The summed E-state index contributed by atoms with van der Waals surface area (Å²) in [6, 6.07) is 0. The first-order valence-corrected chi connectivity index (χ1v) is 4.81. The molecule has 1 atom stereocenters. The third kappa shape index (κ3) is 1.53. The van der Waals surface area contributed by atoms with Gasteiger partial charge in [0.2, 0.25) is 0 Å². The molecule has 1 aliphatic heterocycles. The number of hydrogen-bond acceptors (Lipinski definition) is 4. The Kier molecular flexibility index (Phi) is 2.21. The van der Waals surface area contributed by atoms with Crippen LogP contribution in [0.25, 0.3) is 0 Å². The molecule has 0 saturated carbocycles. The van der Waals surface area contributed by atoms with Crippen LogP contribution in [0.5, 0.6) is 0 Å². The fraction of sp³-hybridized carbons (Fsp3) is 0.625. The van der Waals surface area contributed by atoms with Crippen molar-refractivity contribution < 1.29 is 4.52 Å². The summed E-state index contributed by atoms with van der Waals surface area (Å²) in [6.45, 7) is 3.57. The van der Waals surface area contributed by atoms with Crippen LogP contribution in [-0.4, -0.2) is 22.0 Å². The van der Waals surface area contributed by atoms with E-state index < -0.39 is 0 Å². The highest BCUT2D eigenvalue weighted by Crippen LogP contribution is 2.18. The van der Waals surface area contributed by atoms with Gasteiger partial charge >= 0.3 is 0 Å². The Bertz CT molecular complexity index is 355. The lowest BCUT2D eigenvalue weighted by Gasteiger charge is -2.27. The largest absolute Gasteiger partial charge is 0.382 e. The molecule has 2 heterocycles. The average molecular weight is 200 g/mol. The molecule has 0 saturated heterocycles. The van der Waals surface area contributed by atoms with Crippen LogP contribution in [-0.2, 0) is 13.0 Å². The first kappa shape index (κ1) is 8.90. The molecule has 1 aromatic heterocycles. The molecule has 1 aliphatic rings. The van der Waals surface area contributed by atoms with E-state index in [1.165, 1.54) is 0 Å². The molecule has 0 amide bonds. The van der Waals surface area contributed by atoms with Gasteiger partial charge < -0.3 is 4.52 Å². The standard InChI is InChI=1S/C8H12N2O2S/c1-5(13)10-3-2-6-7(4-10)12-9-8(6)11/h5,13H,2-4H2,1H3,(H,9,11)/t5-/m0/s1. The van der Waals surface area contributed by atoms with Crippen molar-refractivity contribution in [2.24, 2.45) is 0 Å². The zero-order valence-electron chi connectivity index (χ0n) is 7.41. The molecule has 4 nitrogen and oxygen atoms in total. The van der Waals surface area contributed by atoms with Crippen molar-refractivity contribution >= 4 is 12.6 Å². The summed E-state index contributed by atoms with van der Waals surface area (Å²) in [5.41, 5.74) is 0.715. The summed E-state index contributed by atoms with van der Waals surface area (Å²) in [5, 5.41) is 2.56. The molecule has 5 heteroatoms. The van der Waals surface area contributed by atoms with E-state index in [2.05, 4.69) is 22.7 Å². The molecular formula is C8H12N2O2S. The third-order valence-electron chi connectivity index (χ3n) is 2.40. The van der Waals surface area contributed by atoms with Crippen LogP contribution in [0.15, 0.2) is 9.32 Å². The lowest BCUT2D eigenvalue weighted by atomic mass is 10.1. The van der Waals surface area contributed by atoms with Crippen molar-refractivity contribution in [2.45, 2.75) is 25.3 Å². The Morgan fingerprint density at radius 2 is 2.46 bits per heavy atom. The maximum absolute atomic E-state index is 11.2. The Morgan fingerprint density at radius 1 is 1.69 bits per heavy atom. The van der Waals surface area contributed by atoms with E-state index in [0.29, 0.717) is 6.54 Å². The van der Waals surface area contributed by atoms with Gasteiger partial charge in [0.25, 0.3) is 5.56 Å². The number of H-pyrrole nitrogens is 1. The zero-order valence-corrected chi connectivity index (χ0v) is 8.30. The van der Waals surface area contributed by atoms with Crippen LogP contribution in [0.1, 0.15) is 18.2 Å². The quantitative estimate of drug-likeness (QED) is 0.653. The van der Waals surface area contributed by atoms with Gasteiger partial charge in [-0.25, -0.2) is 0 Å². The summed E-state index contributed by atoms with van der Waals surface area (Å²) in [5.74, 6) is 0.761. The van der Waals surface area contributed by atoms with Gasteiger partial charge in [-0.15, -0.1) is 0 Å². The minimum absolute atomic E-state index is 0.0820. The van der Waals surface area contributed by atoms with Crippen LogP contribution in [0.3, 0.4) is 0 Å². The van der Waals surface area contributed by atoms with Crippen LogP contribution in [0, 0.1) is 0 Å². The van der Waals surface area contributed by atoms with E-state index in [4.69, 9.17) is 4.52 Å². The number of rotatable bonds is 1. The summed E-state index contributed by atoms with van der Waals surface area (Å²) in [4.78, 5) is 13.3. The van der Waals surface area contributed by atoms with Gasteiger partial charge in [-0.2, -0.15) is 17.8 Å². The molecule has 0 radical (unpaired) electrons. The normalized spacial score (nSPS) is 19.8. The van der Waals surface area contributed by atoms with Crippen molar-refractivity contribution in [3.8, 4) is 0 Å². The number of aromatic nitrogens is 1. The maximum atomic E-state index is 11.2. The zero-order chi connectivity index (χ0) is 9.42. The fourth-order valence-corrected chi connectivity index (χ4v) is 1.77. The minimum atomic E-state index is -0.0820. The van der Waals surface area contributed by atoms with Gasteiger partial charge in [0.15, 0.2) is 5.76 Å². The number of fused-ring (bicyclic) bond motifs is 1. The number of thiol groups is 1. The SMILES string of the molecule is C[C@H](S)N1CCc2c(o[nH]c2=O)C1. The van der Waals surface area contributed by atoms with Crippen molar-refractivity contribution in [1.82, 2.24) is 10.1 Å². The van der Waals surface area contributed by atoms with E-state index in [1.54, 1.807) is 0 Å². The molecule has 1 N–H and O–H groups in total. The van der Waals surface area contributed by atoms with E-state index in [9.17, 15) is 4.79 Å². The van der Waals surface area contributed by atoms with E-state index in [-0.39, 0.29) is 10.9 Å². The van der Waals surface area contributed by atoms with Gasteiger partial charge in [0.1, 0.15) is 0 Å². The molecular weight excluding hydrogens is 188 g/mol. The predicted octanol–water partition coefficient (Wildman–Crippen LogP) is 0.602. The van der Waals surface area contributed by atoms with Crippen molar-refractivity contribution in [2.75, 3.05) is 6.54 Å². The molecule has 0 spiro atoms. The first-order valence-electron chi connectivity index (χ1n) is 4.30. The van der Waals surface area contributed by atoms with Gasteiger partial charge in [-0.05, 0) is 13.3 Å². The summed E-state index contributed by atoms with van der Waals surface area (Å²) >= 11 is 4.34. The van der Waals surface area contributed by atoms with Crippen LogP contribution >= 0.6 is 12.6 Å². The monoisotopic (exact) mass is 200 g/mol. The number of hydrogen-bond donors (Lipinski definition) is 2. The van der Waals surface area contributed by atoms with E-state index in [1.807, 2.05) is 6.92 Å². The highest BCUT2D eigenvalue weighted by atomic mass is 32.1.